The van der Waals surface area contributed by atoms with Gasteiger partial charge in [-0.15, -0.1) is 0 Å². The van der Waals surface area contributed by atoms with Crippen LogP contribution in [0.15, 0.2) is 36.5 Å². The van der Waals surface area contributed by atoms with Crippen molar-refractivity contribution in [1.82, 2.24) is 9.97 Å². The normalized spacial score (nSPS) is 9.95. The second-order valence-electron chi connectivity index (χ2n) is 3.70. The van der Waals surface area contributed by atoms with Crippen LogP contribution < -0.4 is 11.1 Å². The molecule has 2 rings (SSSR count). The number of nitrogen functional groups attached to an aromatic ring is 1. The maximum atomic E-state index is 11.8. The first kappa shape index (κ1) is 12.8. The van der Waals surface area contributed by atoms with Crippen molar-refractivity contribution in [2.75, 3.05) is 17.7 Å². The summed E-state index contributed by atoms with van der Waals surface area (Å²) in [6.45, 7) is 2.02. The number of nitrogens with one attached hydrogen (secondary N) is 1. The average molecular weight is 258 g/mol. The Morgan fingerprint density at radius 2 is 2.11 bits per heavy atom. The number of hydrogen-bond acceptors (Lipinski definition) is 6. The minimum Gasteiger partial charge on any atom is -0.462 e. The van der Waals surface area contributed by atoms with E-state index in [0.29, 0.717) is 5.82 Å². The lowest BCUT2D eigenvalue weighted by molar-refractivity contribution is 0.0527. The molecule has 0 radical (unpaired) electrons. The van der Waals surface area contributed by atoms with Gasteiger partial charge in [0.25, 0.3) is 0 Å². The maximum Gasteiger partial charge on any atom is 0.343 e. The number of benzene rings is 1. The van der Waals surface area contributed by atoms with E-state index >= 15 is 0 Å². The van der Waals surface area contributed by atoms with Crippen LogP contribution in [0.1, 0.15) is 17.3 Å². The van der Waals surface area contributed by atoms with Gasteiger partial charge < -0.3 is 15.8 Å². The number of carbonyl (C=O) groups is 1. The lowest BCUT2D eigenvalue weighted by atomic mass is 10.2. The molecular weight excluding hydrogens is 244 g/mol. The number of esters is 1. The fourth-order valence-electron chi connectivity index (χ4n) is 1.51. The number of carbonyl (C=O) groups excluding carboxylic acids is 1. The number of para-hydroxylation sites is 1. The molecule has 0 amide bonds. The Morgan fingerprint density at radius 3 is 2.79 bits per heavy atom. The molecule has 0 aliphatic heterocycles. The van der Waals surface area contributed by atoms with E-state index < -0.39 is 5.97 Å². The van der Waals surface area contributed by atoms with Crippen LogP contribution in [0.3, 0.4) is 0 Å². The lowest BCUT2D eigenvalue weighted by Gasteiger charge is -2.10. The number of rotatable bonds is 4. The molecule has 2 aromatic rings. The predicted molar refractivity (Wildman–Crippen MR) is 72.1 cm³/mol. The molecule has 0 unspecified atom stereocenters. The van der Waals surface area contributed by atoms with Gasteiger partial charge in [-0.2, -0.15) is 4.98 Å². The third-order valence-corrected chi connectivity index (χ3v) is 2.34. The number of hydrogen-bond donors (Lipinski definition) is 2. The van der Waals surface area contributed by atoms with Crippen LogP contribution in [0.2, 0.25) is 0 Å². The molecule has 0 fully saturated rings. The van der Waals surface area contributed by atoms with Crippen LogP contribution in [0.25, 0.3) is 0 Å². The summed E-state index contributed by atoms with van der Waals surface area (Å²) in [5, 5.41) is 3.02. The summed E-state index contributed by atoms with van der Waals surface area (Å²) < 4.78 is 4.95. The lowest BCUT2D eigenvalue weighted by Crippen LogP contribution is -2.11. The second-order valence-corrected chi connectivity index (χ2v) is 3.70. The minimum atomic E-state index is -0.485. The van der Waals surface area contributed by atoms with Crippen LogP contribution in [0, 0.1) is 0 Å². The van der Waals surface area contributed by atoms with Gasteiger partial charge in [0.2, 0.25) is 5.95 Å². The summed E-state index contributed by atoms with van der Waals surface area (Å²) in [5.74, 6) is -0.0652. The molecule has 0 spiro atoms. The highest BCUT2D eigenvalue weighted by molar-refractivity contribution is 5.95. The molecule has 0 aliphatic carbocycles. The van der Waals surface area contributed by atoms with Gasteiger partial charge in [0.15, 0.2) is 5.82 Å². The van der Waals surface area contributed by atoms with Gasteiger partial charge in [0.05, 0.1) is 6.61 Å². The first-order valence-corrected chi connectivity index (χ1v) is 5.82. The Labute approximate surface area is 110 Å². The van der Waals surface area contributed by atoms with Crippen LogP contribution in [-0.4, -0.2) is 22.5 Å². The van der Waals surface area contributed by atoms with Crippen molar-refractivity contribution in [2.24, 2.45) is 0 Å². The standard InChI is InChI=1S/C13H14N4O2/c1-2-19-12(18)10-8-15-13(14)17-11(10)16-9-6-4-3-5-7-9/h3-8H,2H2,1H3,(H3,14,15,16,17). The molecule has 1 aromatic heterocycles. The Morgan fingerprint density at radius 1 is 1.37 bits per heavy atom. The van der Waals surface area contributed by atoms with E-state index in [0.717, 1.165) is 5.69 Å². The Hall–Kier alpha value is -2.63. The summed E-state index contributed by atoms with van der Waals surface area (Å²) in [5.41, 5.74) is 6.59. The SMILES string of the molecule is CCOC(=O)c1cnc(N)nc1Nc1ccccc1. The van der Waals surface area contributed by atoms with E-state index in [1.54, 1.807) is 6.92 Å². The van der Waals surface area contributed by atoms with Crippen LogP contribution >= 0.6 is 0 Å². The van der Waals surface area contributed by atoms with E-state index in [1.807, 2.05) is 30.3 Å². The highest BCUT2D eigenvalue weighted by Gasteiger charge is 2.15. The summed E-state index contributed by atoms with van der Waals surface area (Å²) in [4.78, 5) is 19.6. The van der Waals surface area contributed by atoms with Crippen molar-refractivity contribution in [3.8, 4) is 0 Å². The molecule has 19 heavy (non-hydrogen) atoms. The van der Waals surface area contributed by atoms with Gasteiger partial charge in [-0.3, -0.25) is 0 Å². The molecule has 3 N–H and O–H groups in total. The molecule has 1 aromatic carbocycles. The molecule has 98 valence electrons. The summed E-state index contributed by atoms with van der Waals surface area (Å²) in [6, 6.07) is 9.35. The van der Waals surface area contributed by atoms with Crippen LogP contribution in [-0.2, 0) is 4.74 Å². The van der Waals surface area contributed by atoms with E-state index in [4.69, 9.17) is 10.5 Å². The first-order valence-electron chi connectivity index (χ1n) is 5.82. The Kier molecular flexibility index (Phi) is 3.92. The predicted octanol–water partition coefficient (Wildman–Crippen LogP) is 1.98. The number of aromatic nitrogens is 2. The van der Waals surface area contributed by atoms with Gasteiger partial charge in [0.1, 0.15) is 5.56 Å². The molecule has 0 saturated carbocycles. The van der Waals surface area contributed by atoms with Gasteiger partial charge in [0, 0.05) is 11.9 Å². The number of ether oxygens (including phenoxy) is 1. The van der Waals surface area contributed by atoms with Gasteiger partial charge in [-0.1, -0.05) is 18.2 Å². The van der Waals surface area contributed by atoms with Crippen molar-refractivity contribution in [3.63, 3.8) is 0 Å². The highest BCUT2D eigenvalue weighted by Crippen LogP contribution is 2.19. The summed E-state index contributed by atoms with van der Waals surface area (Å²) in [7, 11) is 0. The van der Waals surface area contributed by atoms with Crippen molar-refractivity contribution in [1.29, 1.82) is 0 Å². The zero-order valence-corrected chi connectivity index (χ0v) is 10.5. The maximum absolute atomic E-state index is 11.8. The van der Waals surface area contributed by atoms with Crippen molar-refractivity contribution in [3.05, 3.63) is 42.1 Å². The van der Waals surface area contributed by atoms with Gasteiger partial charge in [-0.25, -0.2) is 9.78 Å². The minimum absolute atomic E-state index is 0.0893. The molecule has 6 nitrogen and oxygen atoms in total. The van der Waals surface area contributed by atoms with E-state index in [2.05, 4.69) is 15.3 Å². The molecule has 0 aliphatic rings. The third-order valence-electron chi connectivity index (χ3n) is 2.34. The first-order chi connectivity index (χ1) is 9.20. The fraction of sp³-hybridized carbons (Fsp3) is 0.154. The van der Waals surface area contributed by atoms with E-state index in [-0.39, 0.29) is 18.1 Å². The number of nitrogens with two attached hydrogens (primary N) is 1. The van der Waals surface area contributed by atoms with Crippen LogP contribution in [0.4, 0.5) is 17.5 Å². The summed E-state index contributed by atoms with van der Waals surface area (Å²) in [6.07, 6.45) is 1.35. The zero-order chi connectivity index (χ0) is 13.7. The molecule has 0 atom stereocenters. The van der Waals surface area contributed by atoms with E-state index in [1.165, 1.54) is 6.20 Å². The van der Waals surface area contributed by atoms with E-state index in [9.17, 15) is 4.79 Å². The average Bonchev–Trinajstić information content (AvgIpc) is 2.40. The van der Waals surface area contributed by atoms with Crippen molar-refractivity contribution in [2.45, 2.75) is 6.92 Å². The molecule has 1 heterocycles. The highest BCUT2D eigenvalue weighted by atomic mass is 16.5. The molecule has 0 saturated heterocycles. The number of anilines is 3. The van der Waals surface area contributed by atoms with Crippen LogP contribution in [0.5, 0.6) is 0 Å². The second kappa shape index (κ2) is 5.81. The largest absolute Gasteiger partial charge is 0.462 e. The smallest absolute Gasteiger partial charge is 0.343 e. The number of nitrogens with zero attached hydrogens (tertiary/aromatic N) is 2. The van der Waals surface area contributed by atoms with Gasteiger partial charge >= 0.3 is 5.97 Å². The molecule has 6 heteroatoms. The van der Waals surface area contributed by atoms with Crippen molar-refractivity contribution >= 4 is 23.4 Å². The molecular formula is C13H14N4O2. The monoisotopic (exact) mass is 258 g/mol. The third kappa shape index (κ3) is 3.19. The quantitative estimate of drug-likeness (QED) is 0.815. The van der Waals surface area contributed by atoms with Crippen molar-refractivity contribution < 1.29 is 9.53 Å². The Balaban J connectivity index is 2.32. The van der Waals surface area contributed by atoms with Gasteiger partial charge in [-0.05, 0) is 19.1 Å². The fourth-order valence-corrected chi connectivity index (χ4v) is 1.51. The summed E-state index contributed by atoms with van der Waals surface area (Å²) >= 11 is 0. The zero-order valence-electron chi connectivity index (χ0n) is 10.5. The topological polar surface area (TPSA) is 90.1 Å². The Bertz CT molecular complexity index is 572. The molecule has 0 bridgehead atoms.